The van der Waals surface area contributed by atoms with Gasteiger partial charge in [-0.1, -0.05) is 24.3 Å². The van der Waals surface area contributed by atoms with E-state index in [0.717, 1.165) is 43.3 Å². The molecule has 7 nitrogen and oxygen atoms in total. The van der Waals surface area contributed by atoms with Crippen molar-refractivity contribution in [3.05, 3.63) is 72.3 Å². The highest BCUT2D eigenvalue weighted by Gasteiger charge is 2.13. The summed E-state index contributed by atoms with van der Waals surface area (Å²) in [6.45, 7) is 3.42. The van der Waals surface area contributed by atoms with Crippen LogP contribution in [0.15, 0.2) is 60.9 Å². The number of nitrogens with zero attached hydrogens (tertiary/aromatic N) is 5. The summed E-state index contributed by atoms with van der Waals surface area (Å²) in [6, 6.07) is 15.6. The maximum absolute atomic E-state index is 9.78. The summed E-state index contributed by atoms with van der Waals surface area (Å²) in [5.41, 5.74) is 4.56. The lowest BCUT2D eigenvalue weighted by molar-refractivity contribution is 0.122. The Morgan fingerprint density at radius 3 is 2.66 bits per heavy atom. The molecule has 2 aromatic heterocycles. The van der Waals surface area contributed by atoms with Gasteiger partial charge in [-0.25, -0.2) is 9.50 Å². The normalized spacial score (nSPS) is 14.4. The SMILES string of the molecule is Oc1cccc(-c2nccn3nc(Cc4ccc(N5CCOCC5)cc4)nc23)c1. The Bertz CT molecular complexity index is 1130. The number of morpholine rings is 1. The van der Waals surface area contributed by atoms with Crippen LogP contribution < -0.4 is 4.90 Å². The second kappa shape index (κ2) is 7.52. The fourth-order valence-electron chi connectivity index (χ4n) is 3.62. The third-order valence-electron chi connectivity index (χ3n) is 5.09. The summed E-state index contributed by atoms with van der Waals surface area (Å²) in [6.07, 6.45) is 4.13. The van der Waals surface area contributed by atoms with Gasteiger partial charge >= 0.3 is 0 Å². The van der Waals surface area contributed by atoms with Crippen LogP contribution >= 0.6 is 0 Å². The maximum Gasteiger partial charge on any atom is 0.181 e. The molecule has 0 spiro atoms. The molecule has 3 heterocycles. The zero-order valence-corrected chi connectivity index (χ0v) is 15.9. The molecule has 0 aliphatic carbocycles. The van der Waals surface area contributed by atoms with Crippen molar-refractivity contribution in [3.63, 3.8) is 0 Å². The lowest BCUT2D eigenvalue weighted by Gasteiger charge is -2.28. The number of aromatic nitrogens is 4. The first-order valence-corrected chi connectivity index (χ1v) is 9.67. The van der Waals surface area contributed by atoms with Crippen molar-refractivity contribution in [2.24, 2.45) is 0 Å². The molecular weight excluding hydrogens is 366 g/mol. The van der Waals surface area contributed by atoms with Crippen LogP contribution in [0.5, 0.6) is 5.75 Å². The first-order chi connectivity index (χ1) is 14.3. The number of anilines is 1. The Kier molecular flexibility index (Phi) is 4.57. The van der Waals surface area contributed by atoms with E-state index < -0.39 is 0 Å². The highest BCUT2D eigenvalue weighted by Crippen LogP contribution is 2.25. The molecule has 1 aliphatic heterocycles. The van der Waals surface area contributed by atoms with Gasteiger partial charge in [0.2, 0.25) is 0 Å². The van der Waals surface area contributed by atoms with E-state index in [2.05, 4.69) is 39.2 Å². The number of aromatic hydroxyl groups is 1. The van der Waals surface area contributed by atoms with Crippen LogP contribution in [0.2, 0.25) is 0 Å². The quantitative estimate of drug-likeness (QED) is 0.580. The minimum Gasteiger partial charge on any atom is -0.508 e. The van der Waals surface area contributed by atoms with E-state index in [1.54, 1.807) is 35.1 Å². The van der Waals surface area contributed by atoms with Gasteiger partial charge in [0, 0.05) is 43.2 Å². The lowest BCUT2D eigenvalue weighted by atomic mass is 10.1. The van der Waals surface area contributed by atoms with E-state index in [1.165, 1.54) is 5.69 Å². The Morgan fingerprint density at radius 1 is 1.03 bits per heavy atom. The fourth-order valence-corrected chi connectivity index (χ4v) is 3.62. The number of phenols is 1. The van der Waals surface area contributed by atoms with Gasteiger partial charge in [0.1, 0.15) is 11.4 Å². The van der Waals surface area contributed by atoms with Gasteiger partial charge in [0.05, 0.1) is 13.2 Å². The van der Waals surface area contributed by atoms with Crippen LogP contribution in [-0.2, 0) is 11.2 Å². The van der Waals surface area contributed by atoms with E-state index in [0.29, 0.717) is 17.8 Å². The smallest absolute Gasteiger partial charge is 0.181 e. The Hall–Kier alpha value is -3.45. The Morgan fingerprint density at radius 2 is 1.86 bits per heavy atom. The van der Waals surface area contributed by atoms with Crippen molar-refractivity contribution in [1.29, 1.82) is 0 Å². The number of fused-ring (bicyclic) bond motifs is 1. The molecule has 0 radical (unpaired) electrons. The summed E-state index contributed by atoms with van der Waals surface area (Å²) in [4.78, 5) is 11.5. The van der Waals surface area contributed by atoms with Gasteiger partial charge in [0.25, 0.3) is 0 Å². The predicted octanol–water partition coefficient (Wildman–Crippen LogP) is 2.92. The molecule has 1 saturated heterocycles. The minimum absolute atomic E-state index is 0.200. The van der Waals surface area contributed by atoms with Gasteiger partial charge < -0.3 is 14.7 Å². The van der Waals surface area contributed by atoms with Crippen molar-refractivity contribution in [3.8, 4) is 17.0 Å². The molecule has 4 aromatic rings. The number of ether oxygens (including phenoxy) is 1. The largest absolute Gasteiger partial charge is 0.508 e. The number of hydrogen-bond donors (Lipinski definition) is 1. The van der Waals surface area contributed by atoms with Crippen LogP contribution in [0.1, 0.15) is 11.4 Å². The molecule has 1 fully saturated rings. The van der Waals surface area contributed by atoms with Gasteiger partial charge in [0.15, 0.2) is 11.5 Å². The molecule has 1 N–H and O–H groups in total. The second-order valence-electron chi connectivity index (χ2n) is 7.07. The maximum atomic E-state index is 9.78. The number of phenolic OH excluding ortho intramolecular Hbond substituents is 1. The van der Waals surface area contributed by atoms with Gasteiger partial charge in [-0.2, -0.15) is 5.10 Å². The number of benzene rings is 2. The molecule has 1 aliphatic rings. The summed E-state index contributed by atoms with van der Waals surface area (Å²) in [5, 5.41) is 14.4. The summed E-state index contributed by atoms with van der Waals surface area (Å²) < 4.78 is 7.16. The highest BCUT2D eigenvalue weighted by atomic mass is 16.5. The van der Waals surface area contributed by atoms with Crippen molar-refractivity contribution < 1.29 is 9.84 Å². The molecule has 0 atom stereocenters. The summed E-state index contributed by atoms with van der Waals surface area (Å²) in [5.74, 6) is 0.935. The Labute approximate surface area is 168 Å². The van der Waals surface area contributed by atoms with E-state index in [4.69, 9.17) is 9.72 Å². The molecular formula is C22H21N5O2. The predicted molar refractivity (Wildman–Crippen MR) is 110 cm³/mol. The number of hydrogen-bond acceptors (Lipinski definition) is 6. The van der Waals surface area contributed by atoms with Crippen molar-refractivity contribution in [2.45, 2.75) is 6.42 Å². The zero-order valence-electron chi connectivity index (χ0n) is 15.9. The molecule has 7 heteroatoms. The molecule has 0 unspecified atom stereocenters. The molecule has 146 valence electrons. The van der Waals surface area contributed by atoms with E-state index >= 15 is 0 Å². The third kappa shape index (κ3) is 3.64. The average molecular weight is 387 g/mol. The monoisotopic (exact) mass is 387 g/mol. The number of rotatable bonds is 4. The first kappa shape index (κ1) is 17.6. The van der Waals surface area contributed by atoms with Gasteiger partial charge in [-0.3, -0.25) is 4.98 Å². The van der Waals surface area contributed by atoms with E-state index in [9.17, 15) is 5.11 Å². The molecule has 5 rings (SSSR count). The minimum atomic E-state index is 0.200. The van der Waals surface area contributed by atoms with Crippen LogP contribution in [0.4, 0.5) is 5.69 Å². The van der Waals surface area contributed by atoms with E-state index in [-0.39, 0.29) is 5.75 Å². The van der Waals surface area contributed by atoms with Crippen LogP contribution in [0.25, 0.3) is 16.9 Å². The summed E-state index contributed by atoms with van der Waals surface area (Å²) >= 11 is 0. The van der Waals surface area contributed by atoms with Crippen molar-refractivity contribution >= 4 is 11.3 Å². The summed E-state index contributed by atoms with van der Waals surface area (Å²) in [7, 11) is 0. The zero-order chi connectivity index (χ0) is 19.6. The van der Waals surface area contributed by atoms with Crippen molar-refractivity contribution in [1.82, 2.24) is 19.6 Å². The van der Waals surface area contributed by atoms with E-state index in [1.807, 2.05) is 6.07 Å². The lowest BCUT2D eigenvalue weighted by Crippen LogP contribution is -2.36. The molecule has 0 bridgehead atoms. The fraction of sp³-hybridized carbons (Fsp3) is 0.227. The first-order valence-electron chi connectivity index (χ1n) is 9.67. The second-order valence-corrected chi connectivity index (χ2v) is 7.07. The van der Waals surface area contributed by atoms with Crippen molar-refractivity contribution in [2.75, 3.05) is 31.2 Å². The highest BCUT2D eigenvalue weighted by molar-refractivity contribution is 5.74. The Balaban J connectivity index is 1.40. The molecule has 29 heavy (non-hydrogen) atoms. The molecule has 0 amide bonds. The van der Waals surface area contributed by atoms with Crippen LogP contribution in [0.3, 0.4) is 0 Å². The van der Waals surface area contributed by atoms with Crippen LogP contribution in [-0.4, -0.2) is 51.0 Å². The average Bonchev–Trinajstić information content (AvgIpc) is 3.17. The standard InChI is InChI=1S/C22H21N5O2/c28-19-3-1-2-17(15-19)21-22-24-20(25-27(22)9-8-23-21)14-16-4-6-18(7-5-16)26-10-12-29-13-11-26/h1-9,15,28H,10-14H2. The molecule has 0 saturated carbocycles. The van der Waals surface area contributed by atoms with Crippen LogP contribution in [0, 0.1) is 0 Å². The third-order valence-corrected chi connectivity index (χ3v) is 5.09. The molecule has 2 aromatic carbocycles. The van der Waals surface area contributed by atoms with Gasteiger partial charge in [-0.15, -0.1) is 0 Å². The topological polar surface area (TPSA) is 75.8 Å². The van der Waals surface area contributed by atoms with Gasteiger partial charge in [-0.05, 0) is 29.8 Å².